The third kappa shape index (κ3) is 4.52. The largest absolute Gasteiger partial charge is 0.465 e. The Balaban J connectivity index is 1.63. The summed E-state index contributed by atoms with van der Waals surface area (Å²) in [5.41, 5.74) is 2.66. The minimum atomic E-state index is -0.216. The third-order valence-electron chi connectivity index (χ3n) is 5.36. The standard InChI is InChI=1S/C21H29N3O4/c1-3-19(25)24-11-8-16-14-17(6-7-18(16)24)21(27)23-10-5-9-22(12-13-23)15-20(26)28-4-2/h6-7,14H,3-5,8-13,15H2,1-2H3. The van der Waals surface area contributed by atoms with Crippen LogP contribution >= 0.6 is 0 Å². The fourth-order valence-electron chi connectivity index (χ4n) is 3.89. The summed E-state index contributed by atoms with van der Waals surface area (Å²) in [6.07, 6.45) is 2.10. The molecule has 1 aromatic rings. The molecule has 1 fully saturated rings. The molecule has 7 heteroatoms. The molecule has 2 aliphatic rings. The first-order chi connectivity index (χ1) is 13.5. The Morgan fingerprint density at radius 1 is 1.04 bits per heavy atom. The van der Waals surface area contributed by atoms with E-state index < -0.39 is 0 Å². The summed E-state index contributed by atoms with van der Waals surface area (Å²) in [5, 5.41) is 0. The van der Waals surface area contributed by atoms with E-state index in [2.05, 4.69) is 0 Å². The molecule has 7 nitrogen and oxygen atoms in total. The molecule has 3 rings (SSSR count). The highest BCUT2D eigenvalue weighted by molar-refractivity contribution is 5.98. The third-order valence-corrected chi connectivity index (χ3v) is 5.36. The zero-order valence-electron chi connectivity index (χ0n) is 16.8. The zero-order valence-corrected chi connectivity index (χ0v) is 16.8. The van der Waals surface area contributed by atoms with Crippen LogP contribution in [0.15, 0.2) is 18.2 Å². The van der Waals surface area contributed by atoms with Gasteiger partial charge in [-0.3, -0.25) is 19.3 Å². The Morgan fingerprint density at radius 2 is 1.86 bits per heavy atom. The smallest absolute Gasteiger partial charge is 0.320 e. The Hall–Kier alpha value is -2.41. The summed E-state index contributed by atoms with van der Waals surface area (Å²) < 4.78 is 5.02. The van der Waals surface area contributed by atoms with Gasteiger partial charge >= 0.3 is 5.97 Å². The van der Waals surface area contributed by atoms with Gasteiger partial charge in [0.1, 0.15) is 0 Å². The molecule has 0 bridgehead atoms. The van der Waals surface area contributed by atoms with Crippen LogP contribution in [0.2, 0.25) is 0 Å². The van der Waals surface area contributed by atoms with E-state index in [0.717, 1.165) is 30.6 Å². The molecule has 0 saturated carbocycles. The molecule has 1 aromatic carbocycles. The van der Waals surface area contributed by atoms with Crippen LogP contribution in [0.3, 0.4) is 0 Å². The predicted octanol–water partition coefficient (Wildman–Crippen LogP) is 1.70. The second-order valence-corrected chi connectivity index (χ2v) is 7.22. The van der Waals surface area contributed by atoms with Crippen LogP contribution in [0.25, 0.3) is 0 Å². The first kappa shape index (κ1) is 20.3. The van der Waals surface area contributed by atoms with Gasteiger partial charge in [-0.2, -0.15) is 0 Å². The van der Waals surface area contributed by atoms with Crippen molar-refractivity contribution in [2.75, 3.05) is 50.8 Å². The van der Waals surface area contributed by atoms with E-state index in [4.69, 9.17) is 4.74 Å². The molecule has 2 heterocycles. The summed E-state index contributed by atoms with van der Waals surface area (Å²) in [4.78, 5) is 42.4. The number of carbonyl (C=O) groups is 3. The van der Waals surface area contributed by atoms with Crippen LogP contribution in [0, 0.1) is 0 Å². The van der Waals surface area contributed by atoms with Gasteiger partial charge in [0.25, 0.3) is 5.91 Å². The van der Waals surface area contributed by atoms with Crippen molar-refractivity contribution in [3.8, 4) is 0 Å². The van der Waals surface area contributed by atoms with Crippen LogP contribution in [-0.2, 0) is 20.7 Å². The summed E-state index contributed by atoms with van der Waals surface area (Å²) in [5.74, 6) is -0.0832. The number of hydrogen-bond acceptors (Lipinski definition) is 5. The van der Waals surface area contributed by atoms with Crippen LogP contribution in [0.5, 0.6) is 0 Å². The number of anilines is 1. The SMILES string of the molecule is CCOC(=O)CN1CCCN(C(=O)c2ccc3c(c2)CCN3C(=O)CC)CC1. The maximum absolute atomic E-state index is 13.0. The van der Waals surface area contributed by atoms with Gasteiger partial charge in [0.15, 0.2) is 0 Å². The Morgan fingerprint density at radius 3 is 2.61 bits per heavy atom. The molecular formula is C21H29N3O4. The molecule has 152 valence electrons. The van der Waals surface area contributed by atoms with Crippen molar-refractivity contribution in [1.29, 1.82) is 0 Å². The summed E-state index contributed by atoms with van der Waals surface area (Å²) in [7, 11) is 0. The number of benzene rings is 1. The monoisotopic (exact) mass is 387 g/mol. The first-order valence-corrected chi connectivity index (χ1v) is 10.1. The van der Waals surface area contributed by atoms with Crippen LogP contribution < -0.4 is 4.90 Å². The normalized spacial score (nSPS) is 17.2. The highest BCUT2D eigenvalue weighted by Gasteiger charge is 2.26. The molecule has 0 unspecified atom stereocenters. The number of hydrogen-bond donors (Lipinski definition) is 0. The molecule has 0 atom stereocenters. The van der Waals surface area contributed by atoms with Gasteiger partial charge in [0, 0.05) is 50.4 Å². The first-order valence-electron chi connectivity index (χ1n) is 10.1. The average molecular weight is 387 g/mol. The molecular weight excluding hydrogens is 358 g/mol. The average Bonchev–Trinajstić information content (AvgIpc) is 2.98. The molecule has 1 saturated heterocycles. The molecule has 0 aliphatic carbocycles. The number of nitrogens with zero attached hydrogens (tertiary/aromatic N) is 3. The number of esters is 1. The second-order valence-electron chi connectivity index (χ2n) is 7.22. The molecule has 0 N–H and O–H groups in total. The lowest BCUT2D eigenvalue weighted by Gasteiger charge is -2.22. The summed E-state index contributed by atoms with van der Waals surface area (Å²) in [6, 6.07) is 5.65. The minimum absolute atomic E-state index is 0.0149. The fourth-order valence-corrected chi connectivity index (χ4v) is 3.89. The van der Waals surface area contributed by atoms with E-state index in [0.29, 0.717) is 44.8 Å². The van der Waals surface area contributed by atoms with Gasteiger partial charge in [-0.25, -0.2) is 0 Å². The second kappa shape index (κ2) is 9.19. The van der Waals surface area contributed by atoms with E-state index in [1.54, 1.807) is 6.92 Å². The van der Waals surface area contributed by atoms with Gasteiger partial charge in [-0.05, 0) is 43.5 Å². The van der Waals surface area contributed by atoms with Crippen LogP contribution in [0.1, 0.15) is 42.6 Å². The molecule has 28 heavy (non-hydrogen) atoms. The Bertz CT molecular complexity index is 749. The summed E-state index contributed by atoms with van der Waals surface area (Å²) >= 11 is 0. The molecule has 0 aromatic heterocycles. The number of rotatable bonds is 5. The van der Waals surface area contributed by atoms with Crippen molar-refractivity contribution in [2.45, 2.75) is 33.1 Å². The van der Waals surface area contributed by atoms with Gasteiger partial charge in [-0.15, -0.1) is 0 Å². The van der Waals surface area contributed by atoms with E-state index in [1.165, 1.54) is 0 Å². The minimum Gasteiger partial charge on any atom is -0.465 e. The molecule has 0 spiro atoms. The lowest BCUT2D eigenvalue weighted by atomic mass is 10.1. The van der Waals surface area contributed by atoms with Gasteiger partial charge in [0.05, 0.1) is 13.2 Å². The van der Waals surface area contributed by atoms with Crippen molar-refractivity contribution in [1.82, 2.24) is 9.80 Å². The number of carbonyl (C=O) groups excluding carboxylic acids is 3. The van der Waals surface area contributed by atoms with Gasteiger partial charge in [0.2, 0.25) is 5.91 Å². The highest BCUT2D eigenvalue weighted by Crippen LogP contribution is 2.29. The quantitative estimate of drug-likeness (QED) is 0.719. The van der Waals surface area contributed by atoms with E-state index in [1.807, 2.05) is 39.8 Å². The van der Waals surface area contributed by atoms with Crippen molar-refractivity contribution in [3.05, 3.63) is 29.3 Å². The van der Waals surface area contributed by atoms with Crippen LogP contribution in [-0.4, -0.2) is 73.5 Å². The number of fused-ring (bicyclic) bond motifs is 1. The zero-order chi connectivity index (χ0) is 20.1. The maximum Gasteiger partial charge on any atom is 0.320 e. The van der Waals surface area contributed by atoms with E-state index in [-0.39, 0.29) is 24.3 Å². The highest BCUT2D eigenvalue weighted by atomic mass is 16.5. The number of ether oxygens (including phenoxy) is 1. The fraction of sp³-hybridized carbons (Fsp3) is 0.571. The van der Waals surface area contributed by atoms with Gasteiger partial charge in [-0.1, -0.05) is 6.92 Å². The molecule has 2 amide bonds. The molecule has 2 aliphatic heterocycles. The predicted molar refractivity (Wildman–Crippen MR) is 106 cm³/mol. The van der Waals surface area contributed by atoms with Crippen molar-refractivity contribution in [3.63, 3.8) is 0 Å². The maximum atomic E-state index is 13.0. The summed E-state index contributed by atoms with van der Waals surface area (Å²) in [6.45, 7) is 7.72. The van der Waals surface area contributed by atoms with Crippen molar-refractivity contribution in [2.24, 2.45) is 0 Å². The van der Waals surface area contributed by atoms with Crippen LogP contribution in [0.4, 0.5) is 5.69 Å². The number of amides is 2. The van der Waals surface area contributed by atoms with Crippen molar-refractivity contribution < 1.29 is 19.1 Å². The Kier molecular flexibility index (Phi) is 6.67. The van der Waals surface area contributed by atoms with E-state index >= 15 is 0 Å². The Labute approximate surface area is 166 Å². The molecule has 0 radical (unpaired) electrons. The lowest BCUT2D eigenvalue weighted by molar-refractivity contribution is -0.144. The van der Waals surface area contributed by atoms with E-state index in [9.17, 15) is 14.4 Å². The topological polar surface area (TPSA) is 70.2 Å². The van der Waals surface area contributed by atoms with Gasteiger partial charge < -0.3 is 14.5 Å². The lowest BCUT2D eigenvalue weighted by Crippen LogP contribution is -2.37. The van der Waals surface area contributed by atoms with Crippen molar-refractivity contribution >= 4 is 23.5 Å².